The molecule has 0 saturated carbocycles. The molecule has 64 valence electrons. The van der Waals surface area contributed by atoms with Gasteiger partial charge in [0, 0.05) is 18.4 Å². The average Bonchev–Trinajstić information content (AvgIpc) is 2.49. The van der Waals surface area contributed by atoms with Crippen LogP contribution in [-0.2, 0) is 12.8 Å². The molecule has 0 fully saturated rings. The van der Waals surface area contributed by atoms with Crippen LogP contribution in [0.5, 0.6) is 0 Å². The highest BCUT2D eigenvalue weighted by Crippen LogP contribution is 2.26. The number of furan rings is 1. The molecule has 2 nitrogen and oxygen atoms in total. The summed E-state index contributed by atoms with van der Waals surface area (Å²) in [4.78, 5) is 11.5. The van der Waals surface area contributed by atoms with Crippen LogP contribution in [0.3, 0.4) is 0 Å². The molecule has 0 N–H and O–H groups in total. The number of carbonyl (C=O) groups excluding carboxylic acids is 1. The smallest absolute Gasteiger partial charge is 0.166 e. The molecule has 2 heteroatoms. The lowest BCUT2D eigenvalue weighted by Gasteiger charge is -2.08. The van der Waals surface area contributed by atoms with Crippen LogP contribution < -0.4 is 0 Å². The lowest BCUT2D eigenvalue weighted by atomic mass is 9.93. The van der Waals surface area contributed by atoms with Crippen molar-refractivity contribution in [3.63, 3.8) is 0 Å². The van der Waals surface area contributed by atoms with Crippen LogP contribution in [0.2, 0.25) is 0 Å². The fourth-order valence-corrected chi connectivity index (χ4v) is 1.75. The average molecular weight is 164 g/mol. The Labute approximate surface area is 71.6 Å². The van der Waals surface area contributed by atoms with Gasteiger partial charge in [0.05, 0.1) is 11.8 Å². The summed E-state index contributed by atoms with van der Waals surface area (Å²) in [6, 6.07) is 0. The predicted molar refractivity (Wildman–Crippen MR) is 45.4 cm³/mol. The van der Waals surface area contributed by atoms with Gasteiger partial charge in [-0.25, -0.2) is 0 Å². The normalized spacial score (nSPS) is 16.2. The van der Waals surface area contributed by atoms with E-state index in [0.29, 0.717) is 6.42 Å². The van der Waals surface area contributed by atoms with E-state index in [0.717, 1.165) is 36.1 Å². The minimum Gasteiger partial charge on any atom is -0.468 e. The van der Waals surface area contributed by atoms with Gasteiger partial charge in [-0.3, -0.25) is 4.79 Å². The van der Waals surface area contributed by atoms with Gasteiger partial charge >= 0.3 is 0 Å². The first-order valence-electron chi connectivity index (χ1n) is 4.45. The fraction of sp³-hybridized carbons (Fsp3) is 0.500. The summed E-state index contributed by atoms with van der Waals surface area (Å²) in [7, 11) is 0. The van der Waals surface area contributed by atoms with Crippen LogP contribution in [0.1, 0.15) is 41.4 Å². The van der Waals surface area contributed by atoms with E-state index >= 15 is 0 Å². The van der Waals surface area contributed by atoms with Gasteiger partial charge in [0.25, 0.3) is 0 Å². The highest BCUT2D eigenvalue weighted by atomic mass is 16.3. The molecule has 0 saturated heterocycles. The number of hydrogen-bond acceptors (Lipinski definition) is 2. The van der Waals surface area contributed by atoms with Crippen LogP contribution in [0.4, 0.5) is 0 Å². The third-order valence-corrected chi connectivity index (χ3v) is 2.41. The number of carbonyl (C=O) groups is 1. The second-order valence-corrected chi connectivity index (χ2v) is 3.19. The summed E-state index contributed by atoms with van der Waals surface area (Å²) >= 11 is 0. The summed E-state index contributed by atoms with van der Waals surface area (Å²) < 4.78 is 5.33. The molecule has 1 heterocycles. The molecule has 0 radical (unpaired) electrons. The molecule has 12 heavy (non-hydrogen) atoms. The Morgan fingerprint density at radius 1 is 1.50 bits per heavy atom. The molecule has 1 aliphatic rings. The molecule has 0 bridgehead atoms. The van der Waals surface area contributed by atoms with Gasteiger partial charge in [0.2, 0.25) is 0 Å². The summed E-state index contributed by atoms with van der Waals surface area (Å²) in [6.45, 7) is 2.05. The van der Waals surface area contributed by atoms with E-state index in [9.17, 15) is 4.79 Å². The van der Waals surface area contributed by atoms with E-state index in [2.05, 4.69) is 0 Å². The van der Waals surface area contributed by atoms with Crippen molar-refractivity contribution in [2.45, 2.75) is 32.6 Å². The second-order valence-electron chi connectivity index (χ2n) is 3.19. The first-order chi connectivity index (χ1) is 5.83. The highest BCUT2D eigenvalue weighted by Gasteiger charge is 2.23. The van der Waals surface area contributed by atoms with E-state index in [1.54, 1.807) is 6.26 Å². The Morgan fingerprint density at radius 3 is 3.08 bits per heavy atom. The molecule has 0 spiro atoms. The Morgan fingerprint density at radius 2 is 2.33 bits per heavy atom. The van der Waals surface area contributed by atoms with E-state index < -0.39 is 0 Å². The zero-order valence-electron chi connectivity index (χ0n) is 7.22. The highest BCUT2D eigenvalue weighted by molar-refractivity contribution is 5.99. The first-order valence-corrected chi connectivity index (χ1v) is 4.45. The fourth-order valence-electron chi connectivity index (χ4n) is 1.75. The maximum atomic E-state index is 11.5. The number of Topliss-reactive ketones (excluding diaryl/α,β-unsaturated/α-hetero) is 1. The van der Waals surface area contributed by atoms with Crippen LogP contribution in [-0.4, -0.2) is 5.78 Å². The van der Waals surface area contributed by atoms with E-state index in [-0.39, 0.29) is 5.78 Å². The Kier molecular flexibility index (Phi) is 1.75. The van der Waals surface area contributed by atoms with E-state index in [1.807, 2.05) is 6.92 Å². The van der Waals surface area contributed by atoms with Crippen molar-refractivity contribution in [3.05, 3.63) is 23.2 Å². The van der Waals surface area contributed by atoms with Gasteiger partial charge in [0.15, 0.2) is 5.78 Å². The number of ketones is 1. The van der Waals surface area contributed by atoms with Crippen LogP contribution in [0, 0.1) is 0 Å². The Hall–Kier alpha value is -1.05. The van der Waals surface area contributed by atoms with Gasteiger partial charge in [-0.1, -0.05) is 6.92 Å². The number of fused-ring (bicyclic) bond motifs is 1. The minimum absolute atomic E-state index is 0.266. The first kappa shape index (κ1) is 7.59. The summed E-state index contributed by atoms with van der Waals surface area (Å²) in [5.41, 5.74) is 1.96. The van der Waals surface area contributed by atoms with Crippen molar-refractivity contribution in [2.24, 2.45) is 0 Å². The maximum absolute atomic E-state index is 11.5. The van der Waals surface area contributed by atoms with Crippen LogP contribution >= 0.6 is 0 Å². The van der Waals surface area contributed by atoms with Gasteiger partial charge in [-0.15, -0.1) is 0 Å². The van der Waals surface area contributed by atoms with Gasteiger partial charge in [0.1, 0.15) is 5.76 Å². The molecule has 1 aliphatic carbocycles. The summed E-state index contributed by atoms with van der Waals surface area (Å²) in [6.07, 6.45) is 5.20. The number of aryl methyl sites for hydroxylation is 2. The molecule has 0 aliphatic heterocycles. The molecular weight excluding hydrogens is 152 g/mol. The van der Waals surface area contributed by atoms with Crippen LogP contribution in [0.15, 0.2) is 10.7 Å². The lowest BCUT2D eigenvalue weighted by Crippen LogP contribution is -2.09. The van der Waals surface area contributed by atoms with E-state index in [1.165, 1.54) is 0 Å². The Bertz CT molecular complexity index is 296. The van der Waals surface area contributed by atoms with Crippen molar-refractivity contribution >= 4 is 5.78 Å². The summed E-state index contributed by atoms with van der Waals surface area (Å²) in [5.74, 6) is 1.17. The second kappa shape index (κ2) is 2.77. The lowest BCUT2D eigenvalue weighted by molar-refractivity contribution is 0.0968. The van der Waals surface area contributed by atoms with Crippen molar-refractivity contribution in [1.82, 2.24) is 0 Å². The molecule has 0 aromatic carbocycles. The number of hydrogen-bond donors (Lipinski definition) is 0. The Balaban J connectivity index is 2.50. The standard InChI is InChI=1S/C10H12O2/c1-2-7-6-12-9-5-3-4-8(11)10(7)9/h6H,2-5H2,1H3. The minimum atomic E-state index is 0.266. The molecular formula is C10H12O2. The quantitative estimate of drug-likeness (QED) is 0.637. The van der Waals surface area contributed by atoms with Crippen molar-refractivity contribution in [2.75, 3.05) is 0 Å². The largest absolute Gasteiger partial charge is 0.468 e. The zero-order valence-corrected chi connectivity index (χ0v) is 7.22. The summed E-state index contributed by atoms with van der Waals surface area (Å²) in [5, 5.41) is 0. The van der Waals surface area contributed by atoms with Gasteiger partial charge in [-0.2, -0.15) is 0 Å². The van der Waals surface area contributed by atoms with Gasteiger partial charge < -0.3 is 4.42 Å². The van der Waals surface area contributed by atoms with Crippen molar-refractivity contribution < 1.29 is 9.21 Å². The third kappa shape index (κ3) is 0.986. The predicted octanol–water partition coefficient (Wildman–Crippen LogP) is 2.36. The molecule has 0 atom stereocenters. The van der Waals surface area contributed by atoms with Crippen LogP contribution in [0.25, 0.3) is 0 Å². The zero-order chi connectivity index (χ0) is 8.55. The SMILES string of the molecule is CCc1coc2c1C(=O)CCC2. The third-order valence-electron chi connectivity index (χ3n) is 2.41. The van der Waals surface area contributed by atoms with Gasteiger partial charge in [-0.05, 0) is 12.8 Å². The molecule has 2 rings (SSSR count). The molecule has 1 aromatic rings. The van der Waals surface area contributed by atoms with Crippen molar-refractivity contribution in [1.29, 1.82) is 0 Å². The molecule has 1 aromatic heterocycles. The van der Waals surface area contributed by atoms with Crippen molar-refractivity contribution in [3.8, 4) is 0 Å². The van der Waals surface area contributed by atoms with E-state index in [4.69, 9.17) is 4.42 Å². The topological polar surface area (TPSA) is 30.2 Å². The number of rotatable bonds is 1. The molecule has 0 amide bonds. The maximum Gasteiger partial charge on any atom is 0.166 e. The molecule has 0 unspecified atom stereocenters. The monoisotopic (exact) mass is 164 g/mol.